The van der Waals surface area contributed by atoms with Crippen LogP contribution >= 0.6 is 0 Å². The van der Waals surface area contributed by atoms with Crippen molar-refractivity contribution in [1.82, 2.24) is 19.8 Å². The second-order valence-corrected chi connectivity index (χ2v) is 9.90. The molecular weight excluding hydrogens is 560 g/mol. The van der Waals surface area contributed by atoms with Crippen LogP contribution in [-0.2, 0) is 19.3 Å². The fraction of sp³-hybridized carbons (Fsp3) is 0.188. The van der Waals surface area contributed by atoms with Gasteiger partial charge in [0.15, 0.2) is 0 Å². The summed E-state index contributed by atoms with van der Waals surface area (Å²) >= 11 is 0. The number of benzene rings is 2. The number of nitrogens with one attached hydrogen (secondary N) is 2. The van der Waals surface area contributed by atoms with Crippen molar-refractivity contribution in [2.75, 3.05) is 49.4 Å². The quantitative estimate of drug-likeness (QED) is 0.191. The number of nitrogens with zero attached hydrogens (tertiary/aromatic N) is 6. The van der Waals surface area contributed by atoms with Gasteiger partial charge in [0.1, 0.15) is 24.8 Å². The standard InChI is InChI=1S/C32H32N8O4/c41-31(43-39(23-29-33-15-16-34-29)27-11-3-1-9-25(27)37-19-5-6-20-37)13-14-32(42)44-40(24-30-35-17-18-36-30)28-12-4-2-10-26(28)38-21-7-8-22-38/h1-14,19-22H,15-18,23-24H2,(H,33,34)(H,35,36)/b14-13+. The fourth-order valence-corrected chi connectivity index (χ4v) is 4.90. The third kappa shape index (κ3) is 6.81. The van der Waals surface area contributed by atoms with Gasteiger partial charge in [-0.2, -0.15) is 10.1 Å². The summed E-state index contributed by atoms with van der Waals surface area (Å²) in [5.74, 6) is -0.0965. The molecule has 12 heteroatoms. The second kappa shape index (κ2) is 13.5. The zero-order chi connectivity index (χ0) is 30.1. The molecule has 0 spiro atoms. The molecule has 12 nitrogen and oxygen atoms in total. The smallest absolute Gasteiger partial charge is 0.356 e. The maximum absolute atomic E-state index is 13.1. The first kappa shape index (κ1) is 28.3. The lowest BCUT2D eigenvalue weighted by Gasteiger charge is -2.25. The minimum absolute atomic E-state index is 0.210. The number of aromatic nitrogens is 2. The average molecular weight is 593 g/mol. The Morgan fingerprint density at radius 1 is 0.659 bits per heavy atom. The van der Waals surface area contributed by atoms with E-state index in [0.717, 1.165) is 23.5 Å². The summed E-state index contributed by atoms with van der Waals surface area (Å²) in [6.07, 6.45) is 9.75. The molecule has 2 aromatic heterocycles. The monoisotopic (exact) mass is 592 g/mol. The van der Waals surface area contributed by atoms with Gasteiger partial charge in [-0.1, -0.05) is 24.3 Å². The van der Waals surface area contributed by atoms with E-state index in [1.807, 2.05) is 107 Å². The van der Waals surface area contributed by atoms with Crippen LogP contribution in [0.1, 0.15) is 0 Å². The summed E-state index contributed by atoms with van der Waals surface area (Å²) in [6.45, 7) is 3.15. The first-order valence-corrected chi connectivity index (χ1v) is 14.3. The van der Waals surface area contributed by atoms with Crippen LogP contribution in [0.3, 0.4) is 0 Å². The minimum Gasteiger partial charge on any atom is -0.370 e. The first-order valence-electron chi connectivity index (χ1n) is 14.3. The molecule has 2 aliphatic heterocycles. The molecule has 44 heavy (non-hydrogen) atoms. The Hall–Kier alpha value is -5.78. The molecule has 2 aromatic carbocycles. The number of hydrogen-bond donors (Lipinski definition) is 2. The van der Waals surface area contributed by atoms with Crippen LogP contribution in [0, 0.1) is 0 Å². The van der Waals surface area contributed by atoms with Gasteiger partial charge >= 0.3 is 11.9 Å². The minimum atomic E-state index is -0.746. The first-order chi connectivity index (χ1) is 21.6. The molecule has 0 amide bonds. The van der Waals surface area contributed by atoms with Gasteiger partial charge in [0.05, 0.1) is 35.8 Å². The zero-order valence-electron chi connectivity index (χ0n) is 24.0. The van der Waals surface area contributed by atoms with Gasteiger partial charge in [0.25, 0.3) is 0 Å². The second-order valence-electron chi connectivity index (χ2n) is 9.90. The molecule has 0 saturated heterocycles. The van der Waals surface area contributed by atoms with Crippen molar-refractivity contribution < 1.29 is 19.3 Å². The Bertz CT molecular complexity index is 1550. The number of carbonyl (C=O) groups excluding carboxylic acids is 2. The van der Waals surface area contributed by atoms with E-state index in [2.05, 4.69) is 20.6 Å². The van der Waals surface area contributed by atoms with Gasteiger partial charge in [-0.3, -0.25) is 9.98 Å². The maximum atomic E-state index is 13.1. The van der Waals surface area contributed by atoms with Crippen LogP contribution in [0.25, 0.3) is 11.4 Å². The van der Waals surface area contributed by atoms with E-state index in [-0.39, 0.29) is 13.1 Å². The van der Waals surface area contributed by atoms with Crippen LogP contribution < -0.4 is 20.8 Å². The molecule has 0 atom stereocenters. The Kier molecular flexibility index (Phi) is 8.67. The molecule has 0 bridgehead atoms. The molecule has 224 valence electrons. The normalized spacial score (nSPS) is 14.0. The van der Waals surface area contributed by atoms with Gasteiger partial charge in [-0.25, -0.2) is 9.59 Å². The van der Waals surface area contributed by atoms with E-state index >= 15 is 0 Å². The fourth-order valence-electron chi connectivity index (χ4n) is 4.90. The van der Waals surface area contributed by atoms with Crippen molar-refractivity contribution in [3.05, 3.63) is 110 Å². The SMILES string of the molecule is O=C(/C=C/C(=O)ON(CC1=NCCN1)c1ccccc1-n1cccc1)ON(CC1=NCCN1)c1ccccc1-n1cccc1. The van der Waals surface area contributed by atoms with Gasteiger partial charge in [0, 0.05) is 50.0 Å². The highest BCUT2D eigenvalue weighted by Gasteiger charge is 2.22. The van der Waals surface area contributed by atoms with E-state index < -0.39 is 11.9 Å². The van der Waals surface area contributed by atoms with Crippen molar-refractivity contribution in [3.8, 4) is 11.4 Å². The Morgan fingerprint density at radius 3 is 1.45 bits per heavy atom. The largest absolute Gasteiger partial charge is 0.370 e. The van der Waals surface area contributed by atoms with Crippen LogP contribution in [0.2, 0.25) is 0 Å². The number of amidine groups is 2. The molecule has 2 N–H and O–H groups in total. The predicted molar refractivity (Wildman–Crippen MR) is 168 cm³/mol. The Morgan fingerprint density at radius 2 is 1.07 bits per heavy atom. The zero-order valence-corrected chi connectivity index (χ0v) is 24.0. The summed E-state index contributed by atoms with van der Waals surface area (Å²) in [7, 11) is 0. The predicted octanol–water partition coefficient (Wildman–Crippen LogP) is 3.06. The van der Waals surface area contributed by atoms with E-state index in [9.17, 15) is 9.59 Å². The Labute approximate surface area is 254 Å². The van der Waals surface area contributed by atoms with Gasteiger partial charge in [-0.05, 0) is 48.5 Å². The molecule has 0 saturated carbocycles. The summed E-state index contributed by atoms with van der Waals surface area (Å²) in [5, 5.41) is 9.36. The third-order valence-corrected chi connectivity index (χ3v) is 6.90. The number of carbonyl (C=O) groups is 2. The van der Waals surface area contributed by atoms with Crippen LogP contribution in [-0.4, -0.2) is 72.0 Å². The number of aliphatic imine (C=N–C) groups is 2. The van der Waals surface area contributed by atoms with Crippen LogP contribution in [0.15, 0.2) is 120 Å². The van der Waals surface area contributed by atoms with Crippen LogP contribution in [0.4, 0.5) is 11.4 Å². The lowest BCUT2D eigenvalue weighted by Crippen LogP contribution is -2.37. The lowest BCUT2D eigenvalue weighted by atomic mass is 10.2. The summed E-state index contributed by atoms with van der Waals surface area (Å²) < 4.78 is 3.85. The number of anilines is 2. The molecule has 0 unspecified atom stereocenters. The molecule has 0 fully saturated rings. The molecule has 0 aliphatic carbocycles. The molecular formula is C32H32N8O4. The molecule has 6 rings (SSSR count). The van der Waals surface area contributed by atoms with E-state index in [0.29, 0.717) is 49.2 Å². The molecule has 0 radical (unpaired) electrons. The van der Waals surface area contributed by atoms with Crippen molar-refractivity contribution in [2.45, 2.75) is 0 Å². The van der Waals surface area contributed by atoms with Crippen molar-refractivity contribution >= 4 is 35.0 Å². The average Bonchev–Trinajstić information content (AvgIpc) is 3.88. The van der Waals surface area contributed by atoms with E-state index in [4.69, 9.17) is 9.68 Å². The summed E-state index contributed by atoms with van der Waals surface area (Å²) in [5.41, 5.74) is 2.93. The van der Waals surface area contributed by atoms with Crippen molar-refractivity contribution in [3.63, 3.8) is 0 Å². The molecule has 4 aromatic rings. The summed E-state index contributed by atoms with van der Waals surface area (Å²) in [6, 6.07) is 22.8. The highest BCUT2D eigenvalue weighted by atomic mass is 16.7. The number of rotatable bonds is 12. The van der Waals surface area contributed by atoms with Gasteiger partial charge in [-0.15, -0.1) is 0 Å². The molecule has 2 aliphatic rings. The number of hydroxylamine groups is 2. The third-order valence-electron chi connectivity index (χ3n) is 6.90. The highest BCUT2D eigenvalue weighted by Crippen LogP contribution is 2.26. The maximum Gasteiger partial charge on any atom is 0.356 e. The Balaban J connectivity index is 1.19. The number of para-hydroxylation sites is 4. The topological polar surface area (TPSA) is 118 Å². The molecule has 4 heterocycles. The van der Waals surface area contributed by atoms with Crippen molar-refractivity contribution in [1.29, 1.82) is 0 Å². The highest BCUT2D eigenvalue weighted by molar-refractivity contribution is 5.94. The van der Waals surface area contributed by atoms with Gasteiger partial charge in [0.2, 0.25) is 0 Å². The number of hydrogen-bond acceptors (Lipinski definition) is 10. The lowest BCUT2D eigenvalue weighted by molar-refractivity contribution is -0.141. The van der Waals surface area contributed by atoms with E-state index in [1.54, 1.807) is 0 Å². The van der Waals surface area contributed by atoms with Gasteiger partial charge < -0.3 is 29.4 Å². The van der Waals surface area contributed by atoms with E-state index in [1.165, 1.54) is 10.1 Å². The summed E-state index contributed by atoms with van der Waals surface area (Å²) in [4.78, 5) is 46.6. The van der Waals surface area contributed by atoms with Crippen LogP contribution in [0.5, 0.6) is 0 Å². The van der Waals surface area contributed by atoms with Crippen molar-refractivity contribution in [2.24, 2.45) is 9.98 Å².